The summed E-state index contributed by atoms with van der Waals surface area (Å²) in [6.45, 7) is 0.609. The number of aliphatic hydroxyl groups excluding tert-OH is 1. The van der Waals surface area contributed by atoms with Crippen LogP contribution >= 0.6 is 0 Å². The molecule has 1 aliphatic rings. The van der Waals surface area contributed by atoms with Crippen molar-refractivity contribution in [2.75, 3.05) is 0 Å². The lowest BCUT2D eigenvalue weighted by Gasteiger charge is -2.25. The highest BCUT2D eigenvalue weighted by atomic mass is 16.5. The van der Waals surface area contributed by atoms with Gasteiger partial charge in [0.15, 0.2) is 0 Å². The van der Waals surface area contributed by atoms with Gasteiger partial charge in [-0.2, -0.15) is 0 Å². The van der Waals surface area contributed by atoms with Crippen molar-refractivity contribution in [1.29, 1.82) is 0 Å². The number of carbonyl (C=O) groups excluding carboxylic acids is 2. The molecule has 2 unspecified atom stereocenters. The van der Waals surface area contributed by atoms with Gasteiger partial charge in [0.25, 0.3) is 0 Å². The van der Waals surface area contributed by atoms with E-state index in [1.54, 1.807) is 18.5 Å². The number of hydrogen-bond acceptors (Lipinski definition) is 4. The fourth-order valence-electron chi connectivity index (χ4n) is 2.06. The van der Waals surface area contributed by atoms with Crippen LogP contribution in [0.25, 0.3) is 0 Å². The van der Waals surface area contributed by atoms with Crippen molar-refractivity contribution >= 4 is 11.9 Å². The molecule has 0 aromatic carbocycles. The van der Waals surface area contributed by atoms with Gasteiger partial charge >= 0.3 is 5.97 Å². The minimum atomic E-state index is -0.609. The van der Waals surface area contributed by atoms with Crippen LogP contribution in [0.5, 0.6) is 0 Å². The molecule has 6 heteroatoms. The number of rotatable bonds is 4. The number of carbonyl (C=O) groups is 2. The highest BCUT2D eigenvalue weighted by molar-refractivity contribution is 5.92. The third-order valence-electron chi connectivity index (χ3n) is 2.98. The standard InChI is InChI=1S/C12H16N2O4/c13-12(17)8-1-3-14(7-8)4-2-10-5-9(15)6-11(16)18-10/h1,3,7,9-10,15H,2,4-6H2,(H2,13,17). The molecule has 1 saturated heterocycles. The topological polar surface area (TPSA) is 94.5 Å². The van der Waals surface area contributed by atoms with Crippen LogP contribution in [-0.2, 0) is 16.1 Å². The third-order valence-corrected chi connectivity index (χ3v) is 2.98. The second-order valence-corrected chi connectivity index (χ2v) is 4.50. The molecule has 1 aliphatic heterocycles. The Hall–Kier alpha value is -1.82. The number of aliphatic hydroxyl groups is 1. The molecule has 1 aromatic rings. The maximum absolute atomic E-state index is 11.1. The van der Waals surface area contributed by atoms with Gasteiger partial charge in [0, 0.05) is 31.8 Å². The zero-order chi connectivity index (χ0) is 13.1. The summed E-state index contributed by atoms with van der Waals surface area (Å²) in [6, 6.07) is 1.64. The summed E-state index contributed by atoms with van der Waals surface area (Å²) >= 11 is 0. The van der Waals surface area contributed by atoms with E-state index < -0.39 is 12.0 Å². The number of ether oxygens (including phenoxy) is 1. The van der Waals surface area contributed by atoms with Gasteiger partial charge in [-0.1, -0.05) is 0 Å². The summed E-state index contributed by atoms with van der Waals surface area (Å²) in [5, 5.41) is 9.46. The number of primary amides is 1. The number of hydrogen-bond donors (Lipinski definition) is 2. The van der Waals surface area contributed by atoms with Gasteiger partial charge in [-0.05, 0) is 6.07 Å². The molecule has 2 atom stereocenters. The fourth-order valence-corrected chi connectivity index (χ4v) is 2.06. The number of nitrogens with two attached hydrogens (primary N) is 1. The zero-order valence-electron chi connectivity index (χ0n) is 9.91. The molecule has 1 aromatic heterocycles. The Bertz CT molecular complexity index is 455. The molecule has 98 valence electrons. The van der Waals surface area contributed by atoms with Crippen LogP contribution in [0.3, 0.4) is 0 Å². The maximum atomic E-state index is 11.1. The summed E-state index contributed by atoms with van der Waals surface area (Å²) < 4.78 is 6.94. The van der Waals surface area contributed by atoms with Crippen molar-refractivity contribution in [2.24, 2.45) is 5.73 Å². The van der Waals surface area contributed by atoms with Crippen molar-refractivity contribution in [3.05, 3.63) is 24.0 Å². The van der Waals surface area contributed by atoms with E-state index in [1.165, 1.54) is 0 Å². The van der Waals surface area contributed by atoms with Crippen LogP contribution < -0.4 is 5.73 Å². The van der Waals surface area contributed by atoms with Gasteiger partial charge in [-0.3, -0.25) is 9.59 Å². The Morgan fingerprint density at radius 3 is 3.00 bits per heavy atom. The van der Waals surface area contributed by atoms with E-state index >= 15 is 0 Å². The van der Waals surface area contributed by atoms with Crippen LogP contribution in [0.4, 0.5) is 0 Å². The van der Waals surface area contributed by atoms with Crippen molar-refractivity contribution in [3.8, 4) is 0 Å². The number of cyclic esters (lactones) is 1. The van der Waals surface area contributed by atoms with Gasteiger partial charge in [0.2, 0.25) is 5.91 Å². The number of aromatic nitrogens is 1. The average Bonchev–Trinajstić information content (AvgIpc) is 2.73. The molecule has 0 spiro atoms. The predicted octanol–water partition coefficient (Wildman–Crippen LogP) is 0.0436. The highest BCUT2D eigenvalue weighted by Gasteiger charge is 2.26. The third kappa shape index (κ3) is 3.10. The molecule has 1 fully saturated rings. The minimum Gasteiger partial charge on any atom is -0.462 e. The Morgan fingerprint density at radius 2 is 2.39 bits per heavy atom. The number of esters is 1. The molecule has 0 aliphatic carbocycles. The highest BCUT2D eigenvalue weighted by Crippen LogP contribution is 2.18. The van der Waals surface area contributed by atoms with Crippen LogP contribution in [-0.4, -0.2) is 33.8 Å². The first-order valence-corrected chi connectivity index (χ1v) is 5.87. The van der Waals surface area contributed by atoms with Gasteiger partial charge in [-0.25, -0.2) is 0 Å². The molecule has 0 bridgehead atoms. The summed E-state index contributed by atoms with van der Waals surface area (Å²) in [4.78, 5) is 22.1. The predicted molar refractivity (Wildman–Crippen MR) is 62.7 cm³/mol. The van der Waals surface area contributed by atoms with Crippen molar-refractivity contribution < 1.29 is 19.4 Å². The van der Waals surface area contributed by atoms with Crippen molar-refractivity contribution in [3.63, 3.8) is 0 Å². The molecule has 3 N–H and O–H groups in total. The first-order valence-electron chi connectivity index (χ1n) is 5.87. The first kappa shape index (κ1) is 12.6. The normalized spacial score (nSPS) is 23.7. The Kier molecular flexibility index (Phi) is 3.66. The Balaban J connectivity index is 1.86. The van der Waals surface area contributed by atoms with Gasteiger partial charge in [0.05, 0.1) is 18.1 Å². The van der Waals surface area contributed by atoms with Crippen LogP contribution in [0, 0.1) is 0 Å². The summed E-state index contributed by atoms with van der Waals surface area (Å²) in [5.74, 6) is -0.822. The largest absolute Gasteiger partial charge is 0.462 e. The summed E-state index contributed by atoms with van der Waals surface area (Å²) in [7, 11) is 0. The van der Waals surface area contributed by atoms with E-state index in [4.69, 9.17) is 10.5 Å². The van der Waals surface area contributed by atoms with Gasteiger partial charge < -0.3 is 20.1 Å². The van der Waals surface area contributed by atoms with E-state index in [1.807, 2.05) is 4.57 Å². The van der Waals surface area contributed by atoms with E-state index in [0.717, 1.165) is 0 Å². The Labute approximate surface area is 104 Å². The zero-order valence-corrected chi connectivity index (χ0v) is 9.91. The molecule has 0 radical (unpaired) electrons. The molecule has 2 heterocycles. The Morgan fingerprint density at radius 1 is 1.61 bits per heavy atom. The lowest BCUT2D eigenvalue weighted by Crippen LogP contribution is -2.33. The van der Waals surface area contributed by atoms with E-state index in [9.17, 15) is 14.7 Å². The van der Waals surface area contributed by atoms with Gasteiger partial charge in [-0.15, -0.1) is 0 Å². The minimum absolute atomic E-state index is 0.0752. The lowest BCUT2D eigenvalue weighted by atomic mass is 10.0. The van der Waals surface area contributed by atoms with Crippen LogP contribution in [0.15, 0.2) is 18.5 Å². The fraction of sp³-hybridized carbons (Fsp3) is 0.500. The van der Waals surface area contributed by atoms with E-state index in [0.29, 0.717) is 24.9 Å². The molecule has 1 amide bonds. The second kappa shape index (κ2) is 5.22. The van der Waals surface area contributed by atoms with Crippen molar-refractivity contribution in [2.45, 2.75) is 38.0 Å². The summed E-state index contributed by atoms with van der Waals surface area (Å²) in [6.07, 6.45) is 3.68. The second-order valence-electron chi connectivity index (χ2n) is 4.50. The lowest BCUT2D eigenvalue weighted by molar-refractivity contribution is -0.160. The monoisotopic (exact) mass is 252 g/mol. The molecular formula is C12H16N2O4. The number of amides is 1. The SMILES string of the molecule is NC(=O)c1ccn(CCC2CC(O)CC(=O)O2)c1. The molecule has 18 heavy (non-hydrogen) atoms. The van der Waals surface area contributed by atoms with Crippen LogP contribution in [0.1, 0.15) is 29.6 Å². The molecular weight excluding hydrogens is 236 g/mol. The van der Waals surface area contributed by atoms with Gasteiger partial charge in [0.1, 0.15) is 6.10 Å². The van der Waals surface area contributed by atoms with Crippen LogP contribution in [0.2, 0.25) is 0 Å². The smallest absolute Gasteiger partial charge is 0.308 e. The average molecular weight is 252 g/mol. The first-order chi connectivity index (χ1) is 8.54. The van der Waals surface area contributed by atoms with E-state index in [2.05, 4.69) is 0 Å². The molecule has 2 rings (SSSR count). The molecule has 0 saturated carbocycles. The maximum Gasteiger partial charge on any atom is 0.308 e. The summed E-state index contributed by atoms with van der Waals surface area (Å²) in [5.41, 5.74) is 5.60. The van der Waals surface area contributed by atoms with Crippen molar-refractivity contribution in [1.82, 2.24) is 4.57 Å². The molecule has 6 nitrogen and oxygen atoms in total. The number of aryl methyl sites for hydroxylation is 1. The number of nitrogens with zero attached hydrogens (tertiary/aromatic N) is 1. The van der Waals surface area contributed by atoms with E-state index in [-0.39, 0.29) is 18.5 Å². The quantitative estimate of drug-likeness (QED) is 0.740.